The quantitative estimate of drug-likeness (QED) is 0.594. The third-order valence-corrected chi connectivity index (χ3v) is 4.16. The molecule has 8 nitrogen and oxygen atoms in total. The van der Waals surface area contributed by atoms with Crippen molar-refractivity contribution in [2.45, 2.75) is 39.2 Å². The second kappa shape index (κ2) is 7.55. The van der Waals surface area contributed by atoms with Gasteiger partial charge >= 0.3 is 12.0 Å². The maximum absolute atomic E-state index is 12.1. The Morgan fingerprint density at radius 2 is 1.96 bits per heavy atom. The average Bonchev–Trinajstić information content (AvgIpc) is 2.77. The van der Waals surface area contributed by atoms with E-state index in [-0.39, 0.29) is 24.8 Å². The number of imide groups is 1. The Bertz CT molecular complexity index is 757. The summed E-state index contributed by atoms with van der Waals surface area (Å²) in [6.07, 6.45) is 0.482. The fourth-order valence-corrected chi connectivity index (χ4v) is 2.63. The third kappa shape index (κ3) is 4.19. The molecular formula is C18H23N3O5. The van der Waals surface area contributed by atoms with Crippen molar-refractivity contribution in [3.8, 4) is 0 Å². The standard InChI is InChI=1S/C18H23N3O5/c1-11-7-8-12(15(23)26-4)10-13(11)19-14(22)6-5-9-21-16(24)18(2,3)20-17(21)25/h7-8,10H,5-6,9H2,1-4H3,(H,19,22)(H,20,25). The molecule has 1 heterocycles. The molecule has 1 aromatic rings. The number of urea groups is 1. The molecule has 0 atom stereocenters. The average molecular weight is 361 g/mol. The van der Waals surface area contributed by atoms with Crippen LogP contribution in [0.2, 0.25) is 0 Å². The number of anilines is 1. The van der Waals surface area contributed by atoms with Crippen LogP contribution in [-0.4, -0.2) is 47.9 Å². The van der Waals surface area contributed by atoms with Crippen molar-refractivity contribution in [3.63, 3.8) is 0 Å². The van der Waals surface area contributed by atoms with Gasteiger partial charge in [0.05, 0.1) is 12.7 Å². The van der Waals surface area contributed by atoms with Gasteiger partial charge in [0.15, 0.2) is 0 Å². The minimum atomic E-state index is -0.912. The molecule has 0 unspecified atom stereocenters. The largest absolute Gasteiger partial charge is 0.465 e. The summed E-state index contributed by atoms with van der Waals surface area (Å²) in [6.45, 7) is 5.25. The van der Waals surface area contributed by atoms with Crippen molar-refractivity contribution in [1.29, 1.82) is 0 Å². The van der Waals surface area contributed by atoms with Crippen LogP contribution in [0.5, 0.6) is 0 Å². The first kappa shape index (κ1) is 19.4. The van der Waals surface area contributed by atoms with Gasteiger partial charge in [0.25, 0.3) is 5.91 Å². The van der Waals surface area contributed by atoms with Crippen molar-refractivity contribution in [3.05, 3.63) is 29.3 Å². The minimum absolute atomic E-state index is 0.138. The second-order valence-electron chi connectivity index (χ2n) is 6.68. The number of benzene rings is 1. The highest BCUT2D eigenvalue weighted by Crippen LogP contribution is 2.19. The lowest BCUT2D eigenvalue weighted by Gasteiger charge is -2.16. The minimum Gasteiger partial charge on any atom is -0.465 e. The van der Waals surface area contributed by atoms with E-state index in [4.69, 9.17) is 0 Å². The molecule has 0 aromatic heterocycles. The Morgan fingerprint density at radius 3 is 2.54 bits per heavy atom. The fraction of sp³-hybridized carbons (Fsp3) is 0.444. The monoisotopic (exact) mass is 361 g/mol. The van der Waals surface area contributed by atoms with Gasteiger partial charge in [0.2, 0.25) is 5.91 Å². The number of carbonyl (C=O) groups is 4. The molecular weight excluding hydrogens is 338 g/mol. The molecule has 140 valence electrons. The molecule has 2 rings (SSSR count). The first-order valence-corrected chi connectivity index (χ1v) is 8.28. The summed E-state index contributed by atoms with van der Waals surface area (Å²) in [4.78, 5) is 48.7. The van der Waals surface area contributed by atoms with Gasteiger partial charge in [-0.25, -0.2) is 9.59 Å². The maximum atomic E-state index is 12.1. The summed E-state index contributed by atoms with van der Waals surface area (Å²) < 4.78 is 4.67. The second-order valence-corrected chi connectivity index (χ2v) is 6.68. The van der Waals surface area contributed by atoms with Crippen LogP contribution in [0, 0.1) is 6.92 Å². The van der Waals surface area contributed by atoms with Crippen molar-refractivity contribution in [1.82, 2.24) is 10.2 Å². The van der Waals surface area contributed by atoms with Crippen molar-refractivity contribution >= 4 is 29.5 Å². The summed E-state index contributed by atoms with van der Waals surface area (Å²) in [5.74, 6) is -1.05. The Kier molecular flexibility index (Phi) is 5.64. The molecule has 2 N–H and O–H groups in total. The van der Waals surface area contributed by atoms with Crippen LogP contribution in [0.15, 0.2) is 18.2 Å². The number of esters is 1. The van der Waals surface area contributed by atoms with Gasteiger partial charge in [-0.05, 0) is 44.9 Å². The zero-order valence-electron chi connectivity index (χ0n) is 15.3. The Hall–Kier alpha value is -2.90. The van der Waals surface area contributed by atoms with Crippen LogP contribution in [0.3, 0.4) is 0 Å². The van der Waals surface area contributed by atoms with Crippen LogP contribution in [0.4, 0.5) is 10.5 Å². The lowest BCUT2D eigenvalue weighted by atomic mass is 10.1. The molecule has 0 radical (unpaired) electrons. The van der Waals surface area contributed by atoms with Gasteiger partial charge in [-0.3, -0.25) is 14.5 Å². The van der Waals surface area contributed by atoms with Crippen molar-refractivity contribution in [2.24, 2.45) is 0 Å². The fourth-order valence-electron chi connectivity index (χ4n) is 2.63. The number of hydrogen-bond acceptors (Lipinski definition) is 5. The van der Waals surface area contributed by atoms with Crippen molar-refractivity contribution in [2.75, 3.05) is 19.0 Å². The van der Waals surface area contributed by atoms with E-state index >= 15 is 0 Å². The maximum Gasteiger partial charge on any atom is 0.337 e. The molecule has 4 amide bonds. The topological polar surface area (TPSA) is 105 Å². The number of nitrogens with one attached hydrogen (secondary N) is 2. The number of hydrogen-bond donors (Lipinski definition) is 2. The van der Waals surface area contributed by atoms with Gasteiger partial charge < -0.3 is 15.4 Å². The van der Waals surface area contributed by atoms with Crippen LogP contribution in [0.1, 0.15) is 42.6 Å². The van der Waals surface area contributed by atoms with Gasteiger partial charge in [-0.1, -0.05) is 6.07 Å². The lowest BCUT2D eigenvalue weighted by molar-refractivity contribution is -0.130. The number of rotatable bonds is 6. The summed E-state index contributed by atoms with van der Waals surface area (Å²) in [5, 5.41) is 5.34. The van der Waals surface area contributed by atoms with Crippen LogP contribution < -0.4 is 10.6 Å². The van der Waals surface area contributed by atoms with E-state index in [1.165, 1.54) is 7.11 Å². The summed E-state index contributed by atoms with van der Waals surface area (Å²) in [7, 11) is 1.29. The van der Waals surface area contributed by atoms with Crippen LogP contribution in [0.25, 0.3) is 0 Å². The van der Waals surface area contributed by atoms with E-state index < -0.39 is 17.5 Å². The summed E-state index contributed by atoms with van der Waals surface area (Å²) in [5.41, 5.74) is 0.760. The Labute approximate surface area is 151 Å². The number of amides is 4. The van der Waals surface area contributed by atoms with E-state index in [0.717, 1.165) is 10.5 Å². The highest BCUT2D eigenvalue weighted by Gasteiger charge is 2.43. The SMILES string of the molecule is COC(=O)c1ccc(C)c(NC(=O)CCCN2C(=O)NC(C)(C)C2=O)c1. The van der Waals surface area contributed by atoms with E-state index in [9.17, 15) is 19.2 Å². The molecule has 1 aliphatic rings. The third-order valence-electron chi connectivity index (χ3n) is 4.16. The number of methoxy groups -OCH3 is 1. The van der Waals surface area contributed by atoms with Crippen LogP contribution in [-0.2, 0) is 14.3 Å². The normalized spacial score (nSPS) is 15.6. The van der Waals surface area contributed by atoms with E-state index in [1.807, 2.05) is 6.92 Å². The molecule has 8 heteroatoms. The molecule has 0 aliphatic carbocycles. The van der Waals surface area contributed by atoms with E-state index in [2.05, 4.69) is 15.4 Å². The molecule has 1 fully saturated rings. The lowest BCUT2D eigenvalue weighted by Crippen LogP contribution is -2.40. The number of ether oxygens (including phenoxy) is 1. The molecule has 1 aliphatic heterocycles. The Balaban J connectivity index is 1.91. The van der Waals surface area contributed by atoms with Gasteiger partial charge in [-0.15, -0.1) is 0 Å². The van der Waals surface area contributed by atoms with Gasteiger partial charge in [-0.2, -0.15) is 0 Å². The smallest absolute Gasteiger partial charge is 0.337 e. The Morgan fingerprint density at radius 1 is 1.27 bits per heavy atom. The zero-order valence-corrected chi connectivity index (χ0v) is 15.3. The molecule has 26 heavy (non-hydrogen) atoms. The number of aryl methyl sites for hydroxylation is 1. The summed E-state index contributed by atoms with van der Waals surface area (Å²) in [6, 6.07) is 4.45. The molecule has 0 saturated carbocycles. The number of nitrogens with zero attached hydrogens (tertiary/aromatic N) is 1. The first-order valence-electron chi connectivity index (χ1n) is 8.28. The predicted octanol–water partition coefficient (Wildman–Crippen LogP) is 1.83. The highest BCUT2D eigenvalue weighted by atomic mass is 16.5. The summed E-state index contributed by atoms with van der Waals surface area (Å²) >= 11 is 0. The van der Waals surface area contributed by atoms with Gasteiger partial charge in [0, 0.05) is 18.7 Å². The van der Waals surface area contributed by atoms with Gasteiger partial charge in [0.1, 0.15) is 5.54 Å². The molecule has 1 saturated heterocycles. The van der Waals surface area contributed by atoms with E-state index in [1.54, 1.807) is 32.0 Å². The molecule has 0 spiro atoms. The van der Waals surface area contributed by atoms with Crippen LogP contribution >= 0.6 is 0 Å². The van der Waals surface area contributed by atoms with E-state index in [0.29, 0.717) is 17.7 Å². The molecule has 1 aromatic carbocycles. The zero-order chi connectivity index (χ0) is 19.5. The first-order chi connectivity index (χ1) is 12.2. The van der Waals surface area contributed by atoms with Crippen molar-refractivity contribution < 1.29 is 23.9 Å². The highest BCUT2D eigenvalue weighted by molar-refractivity contribution is 6.06. The number of carbonyl (C=O) groups excluding carboxylic acids is 4. The molecule has 0 bridgehead atoms. The predicted molar refractivity (Wildman–Crippen MR) is 94.7 cm³/mol.